The van der Waals surface area contributed by atoms with Crippen molar-refractivity contribution in [2.24, 2.45) is 5.92 Å². The molecule has 0 amide bonds. The molecule has 154 valence electrons. The molecule has 0 saturated heterocycles. The molecule has 0 N–H and O–H groups in total. The van der Waals surface area contributed by atoms with Crippen LogP contribution in [0.4, 0.5) is 0 Å². The number of rotatable bonds is 9. The fourth-order valence-corrected chi connectivity index (χ4v) is 3.45. The molecule has 0 aromatic heterocycles. The SMILES string of the molecule is C=C.CCOC(C)OCC.O=Cc1ccccc1CCCC1CCCCC1. The number of hydrogen-bond acceptors (Lipinski definition) is 3. The van der Waals surface area contributed by atoms with Crippen molar-refractivity contribution in [1.29, 1.82) is 0 Å². The third-order valence-corrected chi connectivity index (χ3v) is 4.77. The van der Waals surface area contributed by atoms with Crippen molar-refractivity contribution < 1.29 is 14.3 Å². The molecule has 1 aliphatic rings. The maximum Gasteiger partial charge on any atom is 0.154 e. The third kappa shape index (κ3) is 12.5. The van der Waals surface area contributed by atoms with Crippen LogP contribution in [-0.2, 0) is 15.9 Å². The summed E-state index contributed by atoms with van der Waals surface area (Å²) in [7, 11) is 0. The maximum atomic E-state index is 10.9. The number of hydrogen-bond donors (Lipinski definition) is 0. The Hall–Kier alpha value is -1.45. The lowest BCUT2D eigenvalue weighted by Gasteiger charge is -2.21. The molecule has 1 aromatic rings. The first kappa shape index (κ1) is 25.6. The van der Waals surface area contributed by atoms with Crippen molar-refractivity contribution in [3.8, 4) is 0 Å². The van der Waals surface area contributed by atoms with Crippen LogP contribution in [0.5, 0.6) is 0 Å². The van der Waals surface area contributed by atoms with E-state index in [1.54, 1.807) is 0 Å². The Bertz CT molecular complexity index is 460. The standard InChI is InChI=1S/C16H22O.C6H14O2.C2H4/c17-13-16-11-5-4-10-15(16)12-6-9-14-7-2-1-3-8-14;1-4-7-6(3)8-5-2;1-2/h4-5,10-11,13-14H,1-3,6-9,12H2;6H,4-5H2,1-3H3;1-2H2. The third-order valence-electron chi connectivity index (χ3n) is 4.77. The molecule has 1 aromatic carbocycles. The number of carbonyl (C=O) groups excluding carboxylic acids is 1. The van der Waals surface area contributed by atoms with Crippen molar-refractivity contribution in [2.45, 2.75) is 78.4 Å². The molecule has 1 saturated carbocycles. The number of carbonyl (C=O) groups is 1. The van der Waals surface area contributed by atoms with Gasteiger partial charge in [0.2, 0.25) is 0 Å². The second kappa shape index (κ2) is 17.9. The Morgan fingerprint density at radius 2 is 1.67 bits per heavy atom. The molecule has 2 rings (SSSR count). The molecule has 27 heavy (non-hydrogen) atoms. The van der Waals surface area contributed by atoms with Gasteiger partial charge in [-0.3, -0.25) is 4.79 Å². The maximum absolute atomic E-state index is 10.9. The van der Waals surface area contributed by atoms with E-state index in [0.717, 1.165) is 37.4 Å². The lowest BCUT2D eigenvalue weighted by atomic mass is 9.85. The van der Waals surface area contributed by atoms with Crippen LogP contribution in [-0.4, -0.2) is 25.8 Å². The van der Waals surface area contributed by atoms with E-state index in [1.807, 2.05) is 39.0 Å². The fourth-order valence-electron chi connectivity index (χ4n) is 3.45. The Labute approximate surface area is 167 Å². The van der Waals surface area contributed by atoms with Gasteiger partial charge in [0.25, 0.3) is 0 Å². The van der Waals surface area contributed by atoms with Crippen molar-refractivity contribution in [1.82, 2.24) is 0 Å². The first-order valence-electron chi connectivity index (χ1n) is 10.5. The average Bonchev–Trinajstić information content (AvgIpc) is 2.72. The lowest BCUT2D eigenvalue weighted by Crippen LogP contribution is -2.11. The van der Waals surface area contributed by atoms with Crippen LogP contribution in [0.3, 0.4) is 0 Å². The van der Waals surface area contributed by atoms with E-state index in [0.29, 0.717) is 0 Å². The topological polar surface area (TPSA) is 35.5 Å². The van der Waals surface area contributed by atoms with E-state index in [1.165, 1.54) is 50.5 Å². The van der Waals surface area contributed by atoms with Crippen LogP contribution in [0.2, 0.25) is 0 Å². The summed E-state index contributed by atoms with van der Waals surface area (Å²) in [5.41, 5.74) is 2.09. The highest BCUT2D eigenvalue weighted by Crippen LogP contribution is 2.27. The van der Waals surface area contributed by atoms with Gasteiger partial charge in [0.05, 0.1) is 0 Å². The summed E-state index contributed by atoms with van der Waals surface area (Å²) < 4.78 is 10.1. The molecular formula is C24H40O3. The van der Waals surface area contributed by atoms with Gasteiger partial charge >= 0.3 is 0 Å². The molecule has 0 atom stereocenters. The van der Waals surface area contributed by atoms with Crippen LogP contribution in [0.1, 0.15) is 81.6 Å². The second-order valence-electron chi connectivity index (χ2n) is 6.69. The van der Waals surface area contributed by atoms with Gasteiger partial charge < -0.3 is 9.47 Å². The van der Waals surface area contributed by atoms with Crippen molar-refractivity contribution in [2.75, 3.05) is 13.2 Å². The van der Waals surface area contributed by atoms with Crippen LogP contribution in [0, 0.1) is 5.92 Å². The number of ether oxygens (including phenoxy) is 2. The molecule has 0 unspecified atom stereocenters. The number of aryl methyl sites for hydroxylation is 1. The minimum Gasteiger partial charge on any atom is -0.353 e. The largest absolute Gasteiger partial charge is 0.353 e. The van der Waals surface area contributed by atoms with Crippen LogP contribution < -0.4 is 0 Å². The summed E-state index contributed by atoms with van der Waals surface area (Å²) in [6.07, 6.45) is 11.7. The monoisotopic (exact) mass is 376 g/mol. The van der Waals surface area contributed by atoms with Crippen molar-refractivity contribution in [3.63, 3.8) is 0 Å². The first-order chi connectivity index (χ1) is 13.2. The Morgan fingerprint density at radius 1 is 1.07 bits per heavy atom. The molecule has 0 heterocycles. The molecule has 0 aliphatic heterocycles. The summed E-state index contributed by atoms with van der Waals surface area (Å²) in [6, 6.07) is 7.98. The summed E-state index contributed by atoms with van der Waals surface area (Å²) in [6.45, 7) is 13.3. The molecule has 3 nitrogen and oxygen atoms in total. The Kier molecular flexibility index (Phi) is 17.0. The van der Waals surface area contributed by atoms with Crippen LogP contribution >= 0.6 is 0 Å². The quantitative estimate of drug-likeness (QED) is 0.276. The highest BCUT2D eigenvalue weighted by molar-refractivity contribution is 5.77. The predicted octanol–water partition coefficient (Wildman–Crippen LogP) is 6.61. The molecule has 0 bridgehead atoms. The lowest BCUT2D eigenvalue weighted by molar-refractivity contribution is -0.123. The number of benzene rings is 1. The highest BCUT2D eigenvalue weighted by atomic mass is 16.7. The van der Waals surface area contributed by atoms with Gasteiger partial charge in [0.15, 0.2) is 6.29 Å². The molecule has 1 aliphatic carbocycles. The molecule has 3 heteroatoms. The van der Waals surface area contributed by atoms with E-state index in [4.69, 9.17) is 9.47 Å². The van der Waals surface area contributed by atoms with E-state index in [2.05, 4.69) is 19.2 Å². The zero-order chi connectivity index (χ0) is 20.3. The van der Waals surface area contributed by atoms with Gasteiger partial charge in [-0.1, -0.05) is 62.8 Å². The van der Waals surface area contributed by atoms with Gasteiger partial charge in [-0.05, 0) is 45.1 Å². The van der Waals surface area contributed by atoms with Crippen LogP contribution in [0.25, 0.3) is 0 Å². The normalized spacial score (nSPS) is 13.9. The summed E-state index contributed by atoms with van der Waals surface area (Å²) >= 11 is 0. The Morgan fingerprint density at radius 3 is 2.22 bits per heavy atom. The van der Waals surface area contributed by atoms with Crippen LogP contribution in [0.15, 0.2) is 37.4 Å². The smallest absolute Gasteiger partial charge is 0.154 e. The van der Waals surface area contributed by atoms with Crippen molar-refractivity contribution >= 4 is 6.29 Å². The molecule has 0 radical (unpaired) electrons. The van der Waals surface area contributed by atoms with E-state index in [-0.39, 0.29) is 6.29 Å². The van der Waals surface area contributed by atoms with E-state index in [9.17, 15) is 4.79 Å². The minimum atomic E-state index is -0.0370. The van der Waals surface area contributed by atoms with Gasteiger partial charge in [0.1, 0.15) is 6.29 Å². The molecule has 0 spiro atoms. The van der Waals surface area contributed by atoms with Gasteiger partial charge in [0, 0.05) is 18.8 Å². The zero-order valence-corrected chi connectivity index (χ0v) is 17.8. The summed E-state index contributed by atoms with van der Waals surface area (Å²) in [5.74, 6) is 0.951. The summed E-state index contributed by atoms with van der Waals surface area (Å²) in [4.78, 5) is 10.9. The fraction of sp³-hybridized carbons (Fsp3) is 0.625. The van der Waals surface area contributed by atoms with Gasteiger partial charge in [-0.25, -0.2) is 0 Å². The minimum absolute atomic E-state index is 0.0370. The van der Waals surface area contributed by atoms with Gasteiger partial charge in [-0.15, -0.1) is 13.2 Å². The zero-order valence-electron chi connectivity index (χ0n) is 17.8. The van der Waals surface area contributed by atoms with Gasteiger partial charge in [-0.2, -0.15) is 0 Å². The summed E-state index contributed by atoms with van der Waals surface area (Å²) in [5, 5.41) is 0. The Balaban J connectivity index is 0.000000574. The van der Waals surface area contributed by atoms with Crippen molar-refractivity contribution in [3.05, 3.63) is 48.6 Å². The highest BCUT2D eigenvalue weighted by Gasteiger charge is 2.12. The molecular weight excluding hydrogens is 336 g/mol. The van der Waals surface area contributed by atoms with E-state index >= 15 is 0 Å². The molecule has 1 fully saturated rings. The average molecular weight is 377 g/mol. The second-order valence-corrected chi connectivity index (χ2v) is 6.69. The van der Waals surface area contributed by atoms with E-state index < -0.39 is 0 Å². The first-order valence-corrected chi connectivity index (χ1v) is 10.5. The number of aldehydes is 1. The predicted molar refractivity (Wildman–Crippen MR) is 115 cm³/mol.